The smallest absolute Gasteiger partial charge is 0.248 e. The quantitative estimate of drug-likeness (QED) is 0.733. The lowest BCUT2D eigenvalue weighted by Gasteiger charge is -2.11. The second-order valence-electron chi connectivity index (χ2n) is 5.40. The van der Waals surface area contributed by atoms with Crippen molar-refractivity contribution in [3.8, 4) is 5.75 Å². The van der Waals surface area contributed by atoms with Gasteiger partial charge in [0.2, 0.25) is 5.91 Å². The van der Waals surface area contributed by atoms with E-state index in [-0.39, 0.29) is 5.91 Å². The third kappa shape index (κ3) is 3.43. The Morgan fingerprint density at radius 2 is 1.92 bits per heavy atom. The van der Waals surface area contributed by atoms with Crippen LogP contribution in [0, 0.1) is 6.92 Å². The number of anilines is 1. The van der Waals surface area contributed by atoms with Gasteiger partial charge in [0.05, 0.1) is 12.8 Å². The number of aromatic nitrogens is 1. The minimum Gasteiger partial charge on any atom is -0.494 e. The summed E-state index contributed by atoms with van der Waals surface area (Å²) in [6.07, 6.45) is 3.31. The van der Waals surface area contributed by atoms with Gasteiger partial charge in [-0.2, -0.15) is 0 Å². The number of para-hydroxylation sites is 1. The molecule has 0 atom stereocenters. The number of fused-ring (bicyclic) bond motifs is 1. The number of rotatable bonds is 4. The van der Waals surface area contributed by atoms with Crippen LogP contribution in [0.25, 0.3) is 17.0 Å². The van der Waals surface area contributed by atoms with Gasteiger partial charge in [0.25, 0.3) is 0 Å². The van der Waals surface area contributed by atoms with Crippen molar-refractivity contribution in [3.05, 3.63) is 71.9 Å². The summed E-state index contributed by atoms with van der Waals surface area (Å²) in [5.41, 5.74) is 3.25. The summed E-state index contributed by atoms with van der Waals surface area (Å²) >= 11 is 0. The minimum absolute atomic E-state index is 0.187. The van der Waals surface area contributed by atoms with E-state index in [1.54, 1.807) is 13.2 Å². The average Bonchev–Trinajstić information content (AvgIpc) is 2.60. The number of benzene rings is 2. The number of methoxy groups -OCH3 is 1. The summed E-state index contributed by atoms with van der Waals surface area (Å²) < 4.78 is 5.36. The van der Waals surface area contributed by atoms with Gasteiger partial charge in [-0.15, -0.1) is 0 Å². The van der Waals surface area contributed by atoms with Gasteiger partial charge in [-0.05, 0) is 30.7 Å². The summed E-state index contributed by atoms with van der Waals surface area (Å²) in [6, 6.07) is 17.2. The fourth-order valence-corrected chi connectivity index (χ4v) is 2.53. The number of hydrogen-bond acceptors (Lipinski definition) is 3. The third-order valence-corrected chi connectivity index (χ3v) is 3.64. The number of carbonyl (C=O) groups is 1. The highest BCUT2D eigenvalue weighted by Gasteiger charge is 2.09. The predicted octanol–water partition coefficient (Wildman–Crippen LogP) is 4.20. The standard InChI is InChI=1S/C20H18N2O2/c1-14-13-17(16-9-6-10-18(24-2)20(16)21-14)22-19(23)12-11-15-7-4-3-5-8-15/h3-13H,1-2H3,(H,21,22,23)/b12-11+. The van der Waals surface area contributed by atoms with E-state index < -0.39 is 0 Å². The van der Waals surface area contributed by atoms with Gasteiger partial charge in [0.15, 0.2) is 0 Å². The van der Waals surface area contributed by atoms with Crippen molar-refractivity contribution in [2.24, 2.45) is 0 Å². The first kappa shape index (κ1) is 15.7. The van der Waals surface area contributed by atoms with Crippen molar-refractivity contribution in [1.82, 2.24) is 4.98 Å². The van der Waals surface area contributed by atoms with Crippen LogP contribution in [-0.2, 0) is 4.79 Å². The van der Waals surface area contributed by atoms with Crippen LogP contribution in [0.2, 0.25) is 0 Å². The van der Waals surface area contributed by atoms with Gasteiger partial charge in [-0.3, -0.25) is 4.79 Å². The summed E-state index contributed by atoms with van der Waals surface area (Å²) in [7, 11) is 1.61. The van der Waals surface area contributed by atoms with Crippen LogP contribution in [0.1, 0.15) is 11.3 Å². The highest BCUT2D eigenvalue weighted by Crippen LogP contribution is 2.29. The number of amides is 1. The second kappa shape index (κ2) is 6.96. The predicted molar refractivity (Wildman–Crippen MR) is 97.1 cm³/mol. The molecule has 4 nitrogen and oxygen atoms in total. The van der Waals surface area contributed by atoms with E-state index in [4.69, 9.17) is 4.74 Å². The molecule has 24 heavy (non-hydrogen) atoms. The maximum Gasteiger partial charge on any atom is 0.248 e. The molecule has 0 spiro atoms. The van der Waals surface area contributed by atoms with Gasteiger partial charge in [-0.1, -0.05) is 42.5 Å². The molecular formula is C20H18N2O2. The van der Waals surface area contributed by atoms with Gasteiger partial charge < -0.3 is 10.1 Å². The highest BCUT2D eigenvalue weighted by atomic mass is 16.5. The molecule has 1 heterocycles. The summed E-state index contributed by atoms with van der Waals surface area (Å²) in [6.45, 7) is 1.89. The van der Waals surface area contributed by atoms with Crippen LogP contribution in [0.4, 0.5) is 5.69 Å². The number of carbonyl (C=O) groups excluding carboxylic acids is 1. The Hall–Kier alpha value is -3.14. The van der Waals surface area contributed by atoms with E-state index in [0.29, 0.717) is 5.75 Å². The van der Waals surface area contributed by atoms with Crippen LogP contribution >= 0.6 is 0 Å². The molecule has 4 heteroatoms. The number of pyridine rings is 1. The lowest BCUT2D eigenvalue weighted by molar-refractivity contribution is -0.111. The maximum atomic E-state index is 12.2. The largest absolute Gasteiger partial charge is 0.494 e. The van der Waals surface area contributed by atoms with Crippen molar-refractivity contribution in [2.45, 2.75) is 6.92 Å². The molecule has 0 radical (unpaired) electrons. The molecule has 1 amide bonds. The molecular weight excluding hydrogens is 300 g/mol. The fourth-order valence-electron chi connectivity index (χ4n) is 2.53. The Morgan fingerprint density at radius 3 is 2.67 bits per heavy atom. The molecule has 3 aromatic rings. The molecule has 0 bridgehead atoms. The van der Waals surface area contributed by atoms with Gasteiger partial charge in [-0.25, -0.2) is 4.98 Å². The number of ether oxygens (including phenoxy) is 1. The van der Waals surface area contributed by atoms with E-state index in [1.807, 2.05) is 61.5 Å². The van der Waals surface area contributed by atoms with Crippen molar-refractivity contribution in [2.75, 3.05) is 12.4 Å². The molecule has 0 aliphatic rings. The Kier molecular flexibility index (Phi) is 4.57. The zero-order chi connectivity index (χ0) is 16.9. The van der Waals surface area contributed by atoms with E-state index in [0.717, 1.165) is 27.8 Å². The Labute approximate surface area is 140 Å². The SMILES string of the molecule is COc1cccc2c(NC(=O)/C=C/c3ccccc3)cc(C)nc12. The Morgan fingerprint density at radius 1 is 1.12 bits per heavy atom. The van der Waals surface area contributed by atoms with Crippen molar-refractivity contribution < 1.29 is 9.53 Å². The second-order valence-corrected chi connectivity index (χ2v) is 5.40. The molecule has 1 aromatic heterocycles. The molecule has 2 aromatic carbocycles. The minimum atomic E-state index is -0.187. The molecule has 0 aliphatic carbocycles. The zero-order valence-electron chi connectivity index (χ0n) is 13.6. The monoisotopic (exact) mass is 318 g/mol. The van der Waals surface area contributed by atoms with Crippen molar-refractivity contribution in [1.29, 1.82) is 0 Å². The normalized spacial score (nSPS) is 10.9. The maximum absolute atomic E-state index is 12.2. The molecule has 0 aliphatic heterocycles. The Bertz CT molecular complexity index is 902. The van der Waals surface area contributed by atoms with E-state index >= 15 is 0 Å². The molecule has 1 N–H and O–H groups in total. The number of nitrogens with zero attached hydrogens (tertiary/aromatic N) is 1. The van der Waals surface area contributed by atoms with Crippen LogP contribution in [-0.4, -0.2) is 18.0 Å². The molecule has 3 rings (SSSR count). The number of hydrogen-bond donors (Lipinski definition) is 1. The van der Waals surface area contributed by atoms with Crippen LogP contribution in [0.15, 0.2) is 60.7 Å². The molecule has 0 saturated carbocycles. The number of aryl methyl sites for hydroxylation is 1. The van der Waals surface area contributed by atoms with Gasteiger partial charge in [0.1, 0.15) is 11.3 Å². The van der Waals surface area contributed by atoms with E-state index in [2.05, 4.69) is 10.3 Å². The van der Waals surface area contributed by atoms with Crippen LogP contribution in [0.5, 0.6) is 5.75 Å². The highest BCUT2D eigenvalue weighted by molar-refractivity contribution is 6.07. The van der Waals surface area contributed by atoms with Crippen molar-refractivity contribution >= 4 is 28.6 Å². The summed E-state index contributed by atoms with van der Waals surface area (Å²) in [4.78, 5) is 16.8. The molecule has 0 unspecified atom stereocenters. The first-order valence-corrected chi connectivity index (χ1v) is 7.66. The average molecular weight is 318 g/mol. The lowest BCUT2D eigenvalue weighted by Crippen LogP contribution is -2.09. The molecule has 0 saturated heterocycles. The fraction of sp³-hybridized carbons (Fsp3) is 0.100. The topological polar surface area (TPSA) is 51.2 Å². The Balaban J connectivity index is 1.90. The van der Waals surface area contributed by atoms with Gasteiger partial charge >= 0.3 is 0 Å². The van der Waals surface area contributed by atoms with Crippen molar-refractivity contribution in [3.63, 3.8) is 0 Å². The lowest BCUT2D eigenvalue weighted by atomic mass is 10.1. The summed E-state index contributed by atoms with van der Waals surface area (Å²) in [5.74, 6) is 0.500. The van der Waals surface area contributed by atoms with E-state index in [1.165, 1.54) is 6.08 Å². The van der Waals surface area contributed by atoms with Crippen LogP contribution in [0.3, 0.4) is 0 Å². The zero-order valence-corrected chi connectivity index (χ0v) is 13.6. The molecule has 120 valence electrons. The molecule has 0 fully saturated rings. The first-order chi connectivity index (χ1) is 11.7. The first-order valence-electron chi connectivity index (χ1n) is 7.66. The van der Waals surface area contributed by atoms with Crippen LogP contribution < -0.4 is 10.1 Å². The summed E-state index contributed by atoms with van der Waals surface area (Å²) in [5, 5.41) is 3.77. The third-order valence-electron chi connectivity index (χ3n) is 3.64. The van der Waals surface area contributed by atoms with E-state index in [9.17, 15) is 4.79 Å². The number of nitrogens with one attached hydrogen (secondary N) is 1. The van der Waals surface area contributed by atoms with Gasteiger partial charge in [0, 0.05) is 17.2 Å².